The standard InChI is InChI=1S/C20H21ClN4O2/c1-22-20(23-10-11-26-18-9-5-8-16(21)12-18)24-13-17-14-27-19(25-17)15-6-3-2-4-7-15/h2-9,12,14H,10-11,13H2,1H3,(H2,22,23,24). The molecule has 0 aliphatic rings. The maximum Gasteiger partial charge on any atom is 0.226 e. The molecule has 0 atom stereocenters. The third kappa shape index (κ3) is 5.76. The maximum absolute atomic E-state index is 5.93. The molecule has 0 saturated carbocycles. The van der Waals surface area contributed by atoms with Crippen molar-refractivity contribution in [2.24, 2.45) is 4.99 Å². The van der Waals surface area contributed by atoms with E-state index in [1.165, 1.54) is 0 Å². The highest BCUT2D eigenvalue weighted by Crippen LogP contribution is 2.18. The SMILES string of the molecule is CN=C(NCCOc1cccc(Cl)c1)NCc1coc(-c2ccccc2)n1. The second kappa shape index (κ2) is 9.64. The topological polar surface area (TPSA) is 71.7 Å². The molecule has 27 heavy (non-hydrogen) atoms. The summed E-state index contributed by atoms with van der Waals surface area (Å²) in [5, 5.41) is 7.04. The number of benzene rings is 2. The predicted molar refractivity (Wildman–Crippen MR) is 107 cm³/mol. The van der Waals surface area contributed by atoms with Crippen molar-refractivity contribution in [2.45, 2.75) is 6.54 Å². The van der Waals surface area contributed by atoms with Gasteiger partial charge in [0.15, 0.2) is 5.96 Å². The number of aromatic nitrogens is 1. The van der Waals surface area contributed by atoms with Crippen molar-refractivity contribution in [3.8, 4) is 17.2 Å². The third-order valence-electron chi connectivity index (χ3n) is 3.69. The van der Waals surface area contributed by atoms with Crippen LogP contribution in [0.5, 0.6) is 5.75 Å². The number of guanidine groups is 1. The molecule has 1 aromatic heterocycles. The Morgan fingerprint density at radius 2 is 2.00 bits per heavy atom. The number of hydrogen-bond donors (Lipinski definition) is 2. The van der Waals surface area contributed by atoms with Crippen LogP contribution in [0.15, 0.2) is 70.3 Å². The smallest absolute Gasteiger partial charge is 0.226 e. The van der Waals surface area contributed by atoms with Gasteiger partial charge in [-0.3, -0.25) is 4.99 Å². The van der Waals surface area contributed by atoms with Crippen molar-refractivity contribution >= 4 is 17.6 Å². The number of ether oxygens (including phenoxy) is 1. The predicted octanol–water partition coefficient (Wildman–Crippen LogP) is 3.74. The molecule has 0 aliphatic heterocycles. The molecule has 2 N–H and O–H groups in total. The number of oxazole rings is 1. The van der Waals surface area contributed by atoms with Gasteiger partial charge in [-0.2, -0.15) is 0 Å². The summed E-state index contributed by atoms with van der Waals surface area (Å²) in [4.78, 5) is 8.67. The molecule has 0 radical (unpaired) electrons. The minimum atomic E-state index is 0.489. The fourth-order valence-corrected chi connectivity index (χ4v) is 2.57. The molecule has 0 amide bonds. The average Bonchev–Trinajstić information content (AvgIpc) is 3.17. The van der Waals surface area contributed by atoms with Gasteiger partial charge in [-0.25, -0.2) is 4.98 Å². The van der Waals surface area contributed by atoms with Crippen LogP contribution in [0.1, 0.15) is 5.69 Å². The molecule has 3 aromatic rings. The largest absolute Gasteiger partial charge is 0.492 e. The Morgan fingerprint density at radius 1 is 1.15 bits per heavy atom. The summed E-state index contributed by atoms with van der Waals surface area (Å²) < 4.78 is 11.2. The molecule has 0 fully saturated rings. The van der Waals surface area contributed by atoms with E-state index in [0.29, 0.717) is 36.6 Å². The van der Waals surface area contributed by atoms with E-state index in [-0.39, 0.29) is 0 Å². The number of halogens is 1. The van der Waals surface area contributed by atoms with Crippen LogP contribution in [0.3, 0.4) is 0 Å². The van der Waals surface area contributed by atoms with E-state index in [4.69, 9.17) is 20.8 Å². The lowest BCUT2D eigenvalue weighted by Crippen LogP contribution is -2.38. The molecule has 2 aromatic carbocycles. The van der Waals surface area contributed by atoms with Gasteiger partial charge in [0.25, 0.3) is 0 Å². The minimum absolute atomic E-state index is 0.489. The van der Waals surface area contributed by atoms with Gasteiger partial charge in [0.2, 0.25) is 5.89 Å². The van der Waals surface area contributed by atoms with Crippen LogP contribution >= 0.6 is 11.6 Å². The highest BCUT2D eigenvalue weighted by molar-refractivity contribution is 6.30. The number of nitrogens with one attached hydrogen (secondary N) is 2. The van der Waals surface area contributed by atoms with Gasteiger partial charge < -0.3 is 19.8 Å². The third-order valence-corrected chi connectivity index (χ3v) is 3.93. The molecule has 3 rings (SSSR count). The first-order valence-corrected chi connectivity index (χ1v) is 8.95. The van der Waals surface area contributed by atoms with Gasteiger partial charge >= 0.3 is 0 Å². The zero-order valence-electron chi connectivity index (χ0n) is 15.0. The lowest BCUT2D eigenvalue weighted by Gasteiger charge is -2.11. The molecule has 140 valence electrons. The van der Waals surface area contributed by atoms with Gasteiger partial charge in [-0.05, 0) is 30.3 Å². The van der Waals surface area contributed by atoms with Gasteiger partial charge in [0, 0.05) is 17.6 Å². The van der Waals surface area contributed by atoms with Crippen LogP contribution in [0, 0.1) is 0 Å². The summed E-state index contributed by atoms with van der Waals surface area (Å²) in [6, 6.07) is 17.1. The Kier molecular flexibility index (Phi) is 6.71. The Bertz CT molecular complexity index is 880. The summed E-state index contributed by atoms with van der Waals surface area (Å²) in [5.74, 6) is 2.00. The monoisotopic (exact) mass is 384 g/mol. The van der Waals surface area contributed by atoms with Crippen molar-refractivity contribution in [1.29, 1.82) is 0 Å². The van der Waals surface area contributed by atoms with E-state index < -0.39 is 0 Å². The Labute approximate surface area is 163 Å². The second-order valence-electron chi connectivity index (χ2n) is 5.67. The Hall–Kier alpha value is -2.99. The first kappa shape index (κ1) is 18.8. The van der Waals surface area contributed by atoms with Crippen LogP contribution in [-0.4, -0.2) is 31.1 Å². The van der Waals surface area contributed by atoms with Crippen LogP contribution in [0.4, 0.5) is 0 Å². The second-order valence-corrected chi connectivity index (χ2v) is 6.10. The van der Waals surface area contributed by atoms with E-state index in [1.807, 2.05) is 48.5 Å². The summed E-state index contributed by atoms with van der Waals surface area (Å²) in [6.45, 7) is 1.59. The van der Waals surface area contributed by atoms with Crippen molar-refractivity contribution in [3.63, 3.8) is 0 Å². The van der Waals surface area contributed by atoms with Crippen LogP contribution in [0.25, 0.3) is 11.5 Å². The zero-order chi connectivity index (χ0) is 18.9. The maximum atomic E-state index is 5.93. The molecular weight excluding hydrogens is 364 g/mol. The Balaban J connectivity index is 1.42. The normalized spacial score (nSPS) is 11.3. The van der Waals surface area contributed by atoms with Crippen molar-refractivity contribution in [3.05, 3.63) is 71.6 Å². The number of aliphatic imine (C=N–C) groups is 1. The molecule has 0 unspecified atom stereocenters. The fourth-order valence-electron chi connectivity index (χ4n) is 2.39. The highest BCUT2D eigenvalue weighted by Gasteiger charge is 2.07. The number of hydrogen-bond acceptors (Lipinski definition) is 4. The van der Waals surface area contributed by atoms with Crippen molar-refractivity contribution in [1.82, 2.24) is 15.6 Å². The first-order chi connectivity index (χ1) is 13.2. The van der Waals surface area contributed by atoms with E-state index in [9.17, 15) is 0 Å². The molecule has 0 aliphatic carbocycles. The van der Waals surface area contributed by atoms with Crippen LogP contribution < -0.4 is 15.4 Å². The quantitative estimate of drug-likeness (QED) is 0.369. The summed E-state index contributed by atoms with van der Waals surface area (Å²) in [6.07, 6.45) is 1.64. The van der Waals surface area contributed by atoms with Gasteiger partial charge in [0.05, 0.1) is 18.8 Å². The van der Waals surface area contributed by atoms with E-state index in [0.717, 1.165) is 17.0 Å². The van der Waals surface area contributed by atoms with Gasteiger partial charge in [-0.15, -0.1) is 0 Å². The molecular formula is C20H21ClN4O2. The van der Waals surface area contributed by atoms with Crippen molar-refractivity contribution in [2.75, 3.05) is 20.2 Å². The molecule has 0 saturated heterocycles. The number of nitrogens with zero attached hydrogens (tertiary/aromatic N) is 2. The molecule has 7 heteroatoms. The highest BCUT2D eigenvalue weighted by atomic mass is 35.5. The van der Waals surface area contributed by atoms with E-state index in [1.54, 1.807) is 19.4 Å². The minimum Gasteiger partial charge on any atom is -0.492 e. The number of rotatable bonds is 7. The summed E-state index contributed by atoms with van der Waals surface area (Å²) >= 11 is 5.93. The first-order valence-electron chi connectivity index (χ1n) is 8.57. The van der Waals surface area contributed by atoms with Crippen LogP contribution in [-0.2, 0) is 6.54 Å². The summed E-state index contributed by atoms with van der Waals surface area (Å²) in [7, 11) is 1.71. The van der Waals surface area contributed by atoms with Crippen molar-refractivity contribution < 1.29 is 9.15 Å². The average molecular weight is 385 g/mol. The molecule has 1 heterocycles. The lowest BCUT2D eigenvalue weighted by atomic mass is 10.2. The zero-order valence-corrected chi connectivity index (χ0v) is 15.7. The van der Waals surface area contributed by atoms with Gasteiger partial charge in [-0.1, -0.05) is 35.9 Å². The lowest BCUT2D eigenvalue weighted by molar-refractivity contribution is 0.322. The summed E-state index contributed by atoms with van der Waals surface area (Å²) in [5.41, 5.74) is 1.75. The van der Waals surface area contributed by atoms with Gasteiger partial charge in [0.1, 0.15) is 18.6 Å². The van der Waals surface area contributed by atoms with E-state index >= 15 is 0 Å². The van der Waals surface area contributed by atoms with Crippen LogP contribution in [0.2, 0.25) is 5.02 Å². The molecule has 0 spiro atoms. The molecule has 0 bridgehead atoms. The molecule has 6 nitrogen and oxygen atoms in total. The van der Waals surface area contributed by atoms with E-state index in [2.05, 4.69) is 20.6 Å². The fraction of sp³-hybridized carbons (Fsp3) is 0.200. The Morgan fingerprint density at radius 3 is 2.78 bits per heavy atom.